The second-order valence-electron chi connectivity index (χ2n) is 3.24. The maximum absolute atomic E-state index is 10.9. The predicted molar refractivity (Wildman–Crippen MR) is 58.0 cm³/mol. The highest BCUT2D eigenvalue weighted by Crippen LogP contribution is 2.30. The van der Waals surface area contributed by atoms with Gasteiger partial charge in [0.15, 0.2) is 0 Å². The Balaban J connectivity index is 2.29. The fourth-order valence-electron chi connectivity index (χ4n) is 1.45. The zero-order valence-electron chi connectivity index (χ0n) is 7.97. The lowest BCUT2D eigenvalue weighted by atomic mass is 10.1. The van der Waals surface area contributed by atoms with Gasteiger partial charge in [-0.15, -0.1) is 0 Å². The number of hydrogen-bond acceptors (Lipinski definition) is 4. The van der Waals surface area contributed by atoms with Crippen LogP contribution in [0.4, 0.5) is 10.5 Å². The molecule has 1 N–H and O–H groups in total. The second kappa shape index (κ2) is 4.09. The molecule has 0 bridgehead atoms. The standard InChI is InChI=1S/C9H7BrN2O4/c10-7-3-5(12(14)15)1-2-6(7)8-4-11-9(13)16-8/h1-3,8H,4H2,(H,11,13). The third-order valence-electron chi connectivity index (χ3n) is 2.22. The first-order valence-corrected chi connectivity index (χ1v) is 5.25. The number of nitrogens with zero attached hydrogens (tertiary/aromatic N) is 1. The Labute approximate surface area is 98.9 Å². The van der Waals surface area contributed by atoms with Crippen LogP contribution in [0.15, 0.2) is 22.7 Å². The quantitative estimate of drug-likeness (QED) is 0.667. The van der Waals surface area contributed by atoms with Gasteiger partial charge in [-0.05, 0) is 6.07 Å². The number of ether oxygens (including phenoxy) is 1. The molecule has 1 aromatic rings. The van der Waals surface area contributed by atoms with E-state index in [1.54, 1.807) is 6.07 Å². The van der Waals surface area contributed by atoms with E-state index in [0.29, 0.717) is 16.6 Å². The minimum Gasteiger partial charge on any atom is -0.439 e. The molecule has 6 nitrogen and oxygen atoms in total. The third-order valence-corrected chi connectivity index (χ3v) is 2.91. The van der Waals surface area contributed by atoms with E-state index in [0.717, 1.165) is 0 Å². The lowest BCUT2D eigenvalue weighted by Crippen LogP contribution is -2.12. The zero-order valence-corrected chi connectivity index (χ0v) is 9.56. The van der Waals surface area contributed by atoms with Gasteiger partial charge in [0.1, 0.15) is 6.10 Å². The number of carbonyl (C=O) groups excluding carboxylic acids is 1. The molecule has 7 heteroatoms. The van der Waals surface area contributed by atoms with Gasteiger partial charge in [-0.25, -0.2) is 4.79 Å². The summed E-state index contributed by atoms with van der Waals surface area (Å²) >= 11 is 3.22. The van der Waals surface area contributed by atoms with E-state index < -0.39 is 17.1 Å². The molecule has 1 aliphatic rings. The van der Waals surface area contributed by atoms with Crippen LogP contribution in [-0.4, -0.2) is 17.6 Å². The van der Waals surface area contributed by atoms with Crippen LogP contribution >= 0.6 is 15.9 Å². The number of nitro groups is 1. The summed E-state index contributed by atoms with van der Waals surface area (Å²) < 4.78 is 5.54. The molecule has 2 rings (SSSR count). The van der Waals surface area contributed by atoms with Crippen molar-refractivity contribution in [2.45, 2.75) is 6.10 Å². The number of amides is 1. The number of halogens is 1. The Morgan fingerprint density at radius 2 is 2.31 bits per heavy atom. The number of nitrogens with one attached hydrogen (secondary N) is 1. The van der Waals surface area contributed by atoms with E-state index in [9.17, 15) is 14.9 Å². The van der Waals surface area contributed by atoms with Gasteiger partial charge in [-0.1, -0.05) is 15.9 Å². The highest BCUT2D eigenvalue weighted by molar-refractivity contribution is 9.10. The second-order valence-corrected chi connectivity index (χ2v) is 4.09. The maximum Gasteiger partial charge on any atom is 0.407 e. The molecule has 0 radical (unpaired) electrons. The smallest absolute Gasteiger partial charge is 0.407 e. The van der Waals surface area contributed by atoms with Crippen LogP contribution in [0.3, 0.4) is 0 Å². The topological polar surface area (TPSA) is 81.5 Å². The molecule has 0 spiro atoms. The Morgan fingerprint density at radius 1 is 1.56 bits per heavy atom. The minimum atomic E-state index is -0.479. The van der Waals surface area contributed by atoms with Gasteiger partial charge in [0.25, 0.3) is 5.69 Å². The molecular weight excluding hydrogens is 280 g/mol. The fraction of sp³-hybridized carbons (Fsp3) is 0.222. The monoisotopic (exact) mass is 286 g/mol. The van der Waals surface area contributed by atoms with Crippen LogP contribution in [0, 0.1) is 10.1 Å². The summed E-state index contributed by atoms with van der Waals surface area (Å²) in [7, 11) is 0. The van der Waals surface area contributed by atoms with E-state index in [4.69, 9.17) is 4.74 Å². The molecule has 0 aliphatic carbocycles. The molecule has 1 aliphatic heterocycles. The van der Waals surface area contributed by atoms with Gasteiger partial charge in [0, 0.05) is 22.2 Å². The summed E-state index contributed by atoms with van der Waals surface area (Å²) in [4.78, 5) is 20.9. The molecule has 0 saturated carbocycles. The average molecular weight is 287 g/mol. The molecule has 0 aromatic heterocycles. The molecule has 16 heavy (non-hydrogen) atoms. The molecule has 84 valence electrons. The van der Waals surface area contributed by atoms with E-state index in [1.807, 2.05) is 0 Å². The van der Waals surface area contributed by atoms with Gasteiger partial charge >= 0.3 is 6.09 Å². The van der Waals surface area contributed by atoms with Crippen molar-refractivity contribution in [3.8, 4) is 0 Å². The van der Waals surface area contributed by atoms with Crippen LogP contribution in [0.1, 0.15) is 11.7 Å². The number of alkyl carbamates (subject to hydrolysis) is 1. The summed E-state index contributed by atoms with van der Waals surface area (Å²) in [6, 6.07) is 4.35. The number of benzene rings is 1. The third kappa shape index (κ3) is 1.99. The zero-order chi connectivity index (χ0) is 11.7. The molecule has 1 heterocycles. The number of nitro benzene ring substituents is 1. The SMILES string of the molecule is O=C1NCC(c2ccc([N+](=O)[O-])cc2Br)O1. The molecule has 1 amide bonds. The number of non-ortho nitro benzene ring substituents is 1. The van der Waals surface area contributed by atoms with Gasteiger partial charge in [-0.3, -0.25) is 10.1 Å². The van der Waals surface area contributed by atoms with Gasteiger partial charge in [-0.2, -0.15) is 0 Å². The normalized spacial score (nSPS) is 19.1. The first-order chi connectivity index (χ1) is 7.58. The summed E-state index contributed by atoms with van der Waals surface area (Å²) in [6.45, 7) is 0.370. The van der Waals surface area contributed by atoms with Gasteiger partial charge in [0.2, 0.25) is 0 Å². The molecular formula is C9H7BrN2O4. The molecule has 1 unspecified atom stereocenters. The van der Waals surface area contributed by atoms with Crippen molar-refractivity contribution in [2.24, 2.45) is 0 Å². The summed E-state index contributed by atoms with van der Waals surface area (Å²) in [5.41, 5.74) is 0.705. The van der Waals surface area contributed by atoms with E-state index >= 15 is 0 Å². The summed E-state index contributed by atoms with van der Waals surface area (Å²) in [5.74, 6) is 0. The number of cyclic esters (lactones) is 1. The minimum absolute atomic E-state index is 0.00657. The first-order valence-electron chi connectivity index (χ1n) is 4.46. The molecule has 1 aromatic carbocycles. The number of rotatable bonds is 2. The Hall–Kier alpha value is -1.63. The van der Waals surface area contributed by atoms with Crippen LogP contribution < -0.4 is 5.32 Å². The number of hydrogen-bond donors (Lipinski definition) is 1. The van der Waals surface area contributed by atoms with Crippen LogP contribution in [0.25, 0.3) is 0 Å². The Morgan fingerprint density at radius 3 is 2.81 bits per heavy atom. The molecule has 1 fully saturated rings. The predicted octanol–water partition coefficient (Wildman–Crippen LogP) is 2.14. The van der Waals surface area contributed by atoms with Crippen molar-refractivity contribution in [1.29, 1.82) is 0 Å². The van der Waals surface area contributed by atoms with Crippen LogP contribution in [-0.2, 0) is 4.74 Å². The average Bonchev–Trinajstić information content (AvgIpc) is 2.64. The van der Waals surface area contributed by atoms with E-state index in [2.05, 4.69) is 21.2 Å². The van der Waals surface area contributed by atoms with Crippen molar-refractivity contribution in [3.05, 3.63) is 38.3 Å². The van der Waals surface area contributed by atoms with Crippen molar-refractivity contribution < 1.29 is 14.5 Å². The summed E-state index contributed by atoms with van der Waals surface area (Å²) in [6.07, 6.45) is -0.877. The molecule has 1 saturated heterocycles. The van der Waals surface area contributed by atoms with Crippen LogP contribution in [0.2, 0.25) is 0 Å². The van der Waals surface area contributed by atoms with Crippen molar-refractivity contribution in [3.63, 3.8) is 0 Å². The van der Waals surface area contributed by atoms with Gasteiger partial charge < -0.3 is 10.1 Å². The van der Waals surface area contributed by atoms with Crippen molar-refractivity contribution in [2.75, 3.05) is 6.54 Å². The number of carbonyl (C=O) groups is 1. The van der Waals surface area contributed by atoms with Gasteiger partial charge in [0.05, 0.1) is 11.5 Å². The lowest BCUT2D eigenvalue weighted by Gasteiger charge is -2.09. The lowest BCUT2D eigenvalue weighted by molar-refractivity contribution is -0.384. The molecule has 1 atom stereocenters. The fourth-order valence-corrected chi connectivity index (χ4v) is 2.07. The highest BCUT2D eigenvalue weighted by atomic mass is 79.9. The van der Waals surface area contributed by atoms with Crippen molar-refractivity contribution >= 4 is 27.7 Å². The Kier molecular flexibility index (Phi) is 2.78. The van der Waals surface area contributed by atoms with Crippen molar-refractivity contribution in [1.82, 2.24) is 5.32 Å². The maximum atomic E-state index is 10.9. The summed E-state index contributed by atoms with van der Waals surface area (Å²) in [5, 5.41) is 13.0. The van der Waals surface area contributed by atoms with E-state index in [-0.39, 0.29) is 5.69 Å². The van der Waals surface area contributed by atoms with Crippen LogP contribution in [0.5, 0.6) is 0 Å². The Bertz CT molecular complexity index is 463. The van der Waals surface area contributed by atoms with E-state index in [1.165, 1.54) is 12.1 Å². The first kappa shape index (κ1) is 10.9. The highest BCUT2D eigenvalue weighted by Gasteiger charge is 2.26. The largest absolute Gasteiger partial charge is 0.439 e.